The normalized spacial score (nSPS) is 11.0. The molecule has 3 aromatic rings. The van der Waals surface area contributed by atoms with Gasteiger partial charge in [-0.15, -0.1) is 0 Å². The summed E-state index contributed by atoms with van der Waals surface area (Å²) >= 11 is 3.23. The van der Waals surface area contributed by atoms with E-state index >= 15 is 0 Å². The van der Waals surface area contributed by atoms with Crippen molar-refractivity contribution in [3.8, 4) is 11.4 Å². The van der Waals surface area contributed by atoms with Crippen LogP contribution >= 0.6 is 15.9 Å². The Morgan fingerprint density at radius 1 is 1.17 bits per heavy atom. The number of hydrogen-bond donors (Lipinski definition) is 2. The van der Waals surface area contributed by atoms with Gasteiger partial charge in [0.25, 0.3) is 0 Å². The molecule has 0 aliphatic rings. The lowest BCUT2D eigenvalue weighted by Crippen LogP contribution is -1.86. The van der Waals surface area contributed by atoms with E-state index in [1.54, 1.807) is 18.2 Å². The molecule has 0 fully saturated rings. The van der Waals surface area contributed by atoms with Crippen molar-refractivity contribution >= 4 is 32.7 Å². The number of aromatic amines is 1. The Morgan fingerprint density at radius 2 is 1.94 bits per heavy atom. The number of anilines is 1. The van der Waals surface area contributed by atoms with E-state index in [-0.39, 0.29) is 5.82 Å². The highest BCUT2D eigenvalue weighted by atomic mass is 79.9. The first-order valence-electron chi connectivity index (χ1n) is 5.35. The maximum Gasteiger partial charge on any atom is 0.139 e. The van der Waals surface area contributed by atoms with E-state index in [1.165, 1.54) is 6.07 Å². The Hall–Kier alpha value is -1.88. The lowest BCUT2D eigenvalue weighted by molar-refractivity contribution is 0.621. The Labute approximate surface area is 111 Å². The van der Waals surface area contributed by atoms with Crippen LogP contribution in [0.25, 0.3) is 22.4 Å². The summed E-state index contributed by atoms with van der Waals surface area (Å²) in [7, 11) is 0. The van der Waals surface area contributed by atoms with Gasteiger partial charge in [-0.1, -0.05) is 12.1 Å². The highest BCUT2D eigenvalue weighted by Gasteiger charge is 2.12. The fraction of sp³-hybridized carbons (Fsp3) is 0. The number of nitrogens with one attached hydrogen (secondary N) is 1. The molecule has 0 saturated heterocycles. The van der Waals surface area contributed by atoms with Crippen molar-refractivity contribution in [3.05, 3.63) is 46.7 Å². The minimum atomic E-state index is -0.319. The van der Waals surface area contributed by atoms with Crippen LogP contribution in [0, 0.1) is 5.82 Å². The Balaban J connectivity index is 2.26. The molecule has 90 valence electrons. The van der Waals surface area contributed by atoms with Gasteiger partial charge in [0.15, 0.2) is 0 Å². The molecular weight excluding hydrogens is 297 g/mol. The van der Waals surface area contributed by atoms with Crippen LogP contribution in [-0.4, -0.2) is 9.97 Å². The van der Waals surface area contributed by atoms with E-state index in [1.807, 2.05) is 12.1 Å². The number of H-pyrrole nitrogens is 1. The largest absolute Gasteiger partial charge is 0.397 e. The average Bonchev–Trinajstić information content (AvgIpc) is 2.78. The molecule has 0 spiro atoms. The third-order valence-electron chi connectivity index (χ3n) is 2.75. The summed E-state index contributed by atoms with van der Waals surface area (Å²) in [5.74, 6) is 0.273. The second-order valence-corrected chi connectivity index (χ2v) is 4.72. The van der Waals surface area contributed by atoms with E-state index in [0.717, 1.165) is 5.52 Å². The van der Waals surface area contributed by atoms with E-state index in [4.69, 9.17) is 5.73 Å². The van der Waals surface area contributed by atoms with Gasteiger partial charge in [0.05, 0.1) is 15.7 Å². The number of rotatable bonds is 1. The summed E-state index contributed by atoms with van der Waals surface area (Å²) in [4.78, 5) is 7.54. The molecule has 0 atom stereocenters. The number of fused-ring (bicyclic) bond motifs is 1. The van der Waals surface area contributed by atoms with Gasteiger partial charge < -0.3 is 10.7 Å². The predicted octanol–water partition coefficient (Wildman–Crippen LogP) is 3.71. The van der Waals surface area contributed by atoms with Crippen LogP contribution in [0.1, 0.15) is 0 Å². The van der Waals surface area contributed by atoms with Crippen molar-refractivity contribution in [2.45, 2.75) is 0 Å². The van der Waals surface area contributed by atoms with Gasteiger partial charge in [0.1, 0.15) is 17.2 Å². The molecule has 3 nitrogen and oxygen atoms in total. The molecule has 0 radical (unpaired) electrons. The van der Waals surface area contributed by atoms with Crippen molar-refractivity contribution in [1.29, 1.82) is 0 Å². The van der Waals surface area contributed by atoms with Crippen LogP contribution < -0.4 is 5.73 Å². The first-order valence-corrected chi connectivity index (χ1v) is 6.14. The van der Waals surface area contributed by atoms with Gasteiger partial charge in [0.2, 0.25) is 0 Å². The van der Waals surface area contributed by atoms with E-state index in [9.17, 15) is 4.39 Å². The lowest BCUT2D eigenvalue weighted by Gasteiger charge is -2.00. The second kappa shape index (κ2) is 4.10. The van der Waals surface area contributed by atoms with E-state index in [2.05, 4.69) is 25.9 Å². The summed E-state index contributed by atoms with van der Waals surface area (Å²) in [5, 5.41) is 0. The molecule has 0 unspecified atom stereocenters. The topological polar surface area (TPSA) is 54.7 Å². The summed E-state index contributed by atoms with van der Waals surface area (Å²) in [5.41, 5.74) is 8.65. The number of imidazole rings is 1. The number of aromatic nitrogens is 2. The SMILES string of the molecule is Nc1cccc2[nH]c(-c3cccc(F)c3Br)nc12. The molecule has 1 aromatic heterocycles. The molecule has 0 saturated carbocycles. The molecule has 0 amide bonds. The zero-order valence-corrected chi connectivity index (χ0v) is 10.8. The molecule has 3 N–H and O–H groups in total. The minimum absolute atomic E-state index is 0.319. The Morgan fingerprint density at radius 3 is 2.72 bits per heavy atom. The second-order valence-electron chi connectivity index (χ2n) is 3.93. The van der Waals surface area contributed by atoms with Crippen molar-refractivity contribution in [3.63, 3.8) is 0 Å². The van der Waals surface area contributed by atoms with E-state index < -0.39 is 0 Å². The number of nitrogens with zero attached hydrogens (tertiary/aromatic N) is 1. The van der Waals surface area contributed by atoms with Crippen molar-refractivity contribution in [2.24, 2.45) is 0 Å². The summed E-state index contributed by atoms with van der Waals surface area (Å²) in [6, 6.07) is 10.3. The van der Waals surface area contributed by atoms with Crippen molar-refractivity contribution < 1.29 is 4.39 Å². The fourth-order valence-electron chi connectivity index (χ4n) is 1.87. The van der Waals surface area contributed by atoms with Crippen LogP contribution in [-0.2, 0) is 0 Å². The number of halogens is 2. The van der Waals surface area contributed by atoms with E-state index in [0.29, 0.717) is 27.1 Å². The maximum atomic E-state index is 13.5. The standard InChI is InChI=1S/C13H9BrFN3/c14-11-7(3-1-4-8(11)15)13-17-10-6-2-5-9(16)12(10)18-13/h1-6H,16H2,(H,17,18). The minimum Gasteiger partial charge on any atom is -0.397 e. The summed E-state index contributed by atoms with van der Waals surface area (Å²) < 4.78 is 13.9. The zero-order chi connectivity index (χ0) is 12.7. The van der Waals surface area contributed by atoms with Crippen LogP contribution in [0.4, 0.5) is 10.1 Å². The Kier molecular flexibility index (Phi) is 2.56. The fourth-order valence-corrected chi connectivity index (χ4v) is 2.32. The van der Waals surface area contributed by atoms with Crippen LogP contribution in [0.5, 0.6) is 0 Å². The highest BCUT2D eigenvalue weighted by Crippen LogP contribution is 2.30. The monoisotopic (exact) mass is 305 g/mol. The Bertz CT molecular complexity index is 736. The van der Waals surface area contributed by atoms with Crippen LogP contribution in [0.2, 0.25) is 0 Å². The first-order chi connectivity index (χ1) is 8.66. The van der Waals surface area contributed by atoms with Gasteiger partial charge in [-0.3, -0.25) is 0 Å². The van der Waals surface area contributed by atoms with Gasteiger partial charge in [0, 0.05) is 5.56 Å². The summed E-state index contributed by atoms with van der Waals surface area (Å²) in [6.45, 7) is 0. The highest BCUT2D eigenvalue weighted by molar-refractivity contribution is 9.10. The van der Waals surface area contributed by atoms with Crippen molar-refractivity contribution in [2.75, 3.05) is 5.73 Å². The lowest BCUT2D eigenvalue weighted by atomic mass is 10.2. The number of nitrogens with two attached hydrogens (primary N) is 1. The van der Waals surface area contributed by atoms with Crippen LogP contribution in [0.15, 0.2) is 40.9 Å². The number of hydrogen-bond acceptors (Lipinski definition) is 2. The molecule has 1 heterocycles. The average molecular weight is 306 g/mol. The smallest absolute Gasteiger partial charge is 0.139 e. The molecule has 3 rings (SSSR count). The third-order valence-corrected chi connectivity index (χ3v) is 3.56. The van der Waals surface area contributed by atoms with Gasteiger partial charge in [-0.25, -0.2) is 9.37 Å². The van der Waals surface area contributed by atoms with Gasteiger partial charge >= 0.3 is 0 Å². The molecule has 5 heteroatoms. The number of benzene rings is 2. The number of nitrogen functional groups attached to an aromatic ring is 1. The molecule has 0 aliphatic carbocycles. The molecule has 0 bridgehead atoms. The molecule has 18 heavy (non-hydrogen) atoms. The number of para-hydroxylation sites is 1. The molecule has 0 aliphatic heterocycles. The third kappa shape index (κ3) is 1.67. The zero-order valence-electron chi connectivity index (χ0n) is 9.24. The first kappa shape index (κ1) is 11.2. The van der Waals surface area contributed by atoms with Crippen molar-refractivity contribution in [1.82, 2.24) is 9.97 Å². The van der Waals surface area contributed by atoms with Crippen LogP contribution in [0.3, 0.4) is 0 Å². The quantitative estimate of drug-likeness (QED) is 0.673. The maximum absolute atomic E-state index is 13.5. The predicted molar refractivity (Wildman–Crippen MR) is 73.6 cm³/mol. The molecular formula is C13H9BrFN3. The van der Waals surface area contributed by atoms with Gasteiger partial charge in [-0.2, -0.15) is 0 Å². The van der Waals surface area contributed by atoms with Gasteiger partial charge in [-0.05, 0) is 40.2 Å². The molecule has 2 aromatic carbocycles. The summed E-state index contributed by atoms with van der Waals surface area (Å²) in [6.07, 6.45) is 0.